The molecular weight excluding hydrogens is 332 g/mol. The molecule has 3 aromatic rings. The van der Waals surface area contributed by atoms with Gasteiger partial charge in [0.05, 0.1) is 6.54 Å². The quantitative estimate of drug-likeness (QED) is 0.587. The van der Waals surface area contributed by atoms with Crippen molar-refractivity contribution < 1.29 is 9.53 Å². The number of carbonyl (C=O) groups is 1. The Morgan fingerprint density at radius 3 is 2.64 bits per heavy atom. The molecule has 0 radical (unpaired) electrons. The van der Waals surface area contributed by atoms with E-state index in [1.165, 1.54) is 0 Å². The monoisotopic (exact) mass is 350 g/mol. The first-order valence-corrected chi connectivity index (χ1v) is 8.75. The minimum Gasteiger partial charge on any atom is -0.490 e. The van der Waals surface area contributed by atoms with Gasteiger partial charge in [0.1, 0.15) is 18.2 Å². The van der Waals surface area contributed by atoms with E-state index in [2.05, 4.69) is 11.6 Å². The number of hydrogen-bond donors (Lipinski definition) is 0. The van der Waals surface area contributed by atoms with Gasteiger partial charge < -0.3 is 4.74 Å². The second kappa shape index (κ2) is 8.26. The number of thiophene rings is 1. The van der Waals surface area contributed by atoms with E-state index < -0.39 is 0 Å². The molecule has 0 saturated carbocycles. The van der Waals surface area contributed by atoms with Crippen molar-refractivity contribution >= 4 is 23.1 Å². The van der Waals surface area contributed by atoms with E-state index in [0.717, 1.165) is 4.88 Å². The van der Waals surface area contributed by atoms with Gasteiger partial charge in [-0.2, -0.15) is 0 Å². The fourth-order valence-electron chi connectivity index (χ4n) is 2.33. The van der Waals surface area contributed by atoms with Crippen LogP contribution in [0.3, 0.4) is 0 Å². The first-order valence-electron chi connectivity index (χ1n) is 7.87. The Morgan fingerprint density at radius 2 is 2.00 bits per heavy atom. The lowest BCUT2D eigenvalue weighted by molar-refractivity contribution is 0.0984. The standard InChI is InChI=1S/C20H18N2O2S/c1-2-13-24-17-10-8-16(9-11-17)20(23)22(15-18-6-5-14-25-18)19-7-3-4-12-21-19/h2-12,14H,1,13,15H2. The molecule has 0 aliphatic heterocycles. The van der Waals surface area contributed by atoms with E-state index in [1.807, 2.05) is 35.7 Å². The number of anilines is 1. The summed E-state index contributed by atoms with van der Waals surface area (Å²) in [6.07, 6.45) is 3.37. The maximum Gasteiger partial charge on any atom is 0.259 e. The third-order valence-corrected chi connectivity index (χ3v) is 4.40. The molecule has 1 amide bonds. The molecule has 0 aliphatic carbocycles. The second-order valence-corrected chi connectivity index (χ2v) is 6.31. The molecule has 5 heteroatoms. The molecule has 2 heterocycles. The van der Waals surface area contributed by atoms with Gasteiger partial charge in [0.25, 0.3) is 5.91 Å². The first-order chi connectivity index (χ1) is 12.3. The molecule has 0 spiro atoms. The summed E-state index contributed by atoms with van der Waals surface area (Å²) in [6.45, 7) is 4.55. The SMILES string of the molecule is C=CCOc1ccc(C(=O)N(Cc2cccs2)c2ccccn2)cc1. The van der Waals surface area contributed by atoms with Crippen LogP contribution in [0.4, 0.5) is 5.82 Å². The maximum atomic E-state index is 13.0. The van der Waals surface area contributed by atoms with Gasteiger partial charge >= 0.3 is 0 Å². The summed E-state index contributed by atoms with van der Waals surface area (Å²) in [6, 6.07) is 16.7. The second-order valence-electron chi connectivity index (χ2n) is 5.28. The van der Waals surface area contributed by atoms with Crippen LogP contribution in [0, 0.1) is 0 Å². The van der Waals surface area contributed by atoms with Crippen LogP contribution in [0.1, 0.15) is 15.2 Å². The van der Waals surface area contributed by atoms with Crippen LogP contribution in [-0.2, 0) is 6.54 Å². The molecule has 3 rings (SSSR count). The molecular formula is C20H18N2O2S. The first kappa shape index (κ1) is 16.9. The van der Waals surface area contributed by atoms with Crippen LogP contribution < -0.4 is 9.64 Å². The van der Waals surface area contributed by atoms with Crippen molar-refractivity contribution in [1.82, 2.24) is 4.98 Å². The number of aromatic nitrogens is 1. The highest BCUT2D eigenvalue weighted by atomic mass is 32.1. The molecule has 2 aromatic heterocycles. The predicted molar refractivity (Wildman–Crippen MR) is 101 cm³/mol. The molecule has 0 fully saturated rings. The van der Waals surface area contributed by atoms with Gasteiger partial charge in [-0.05, 0) is 47.8 Å². The van der Waals surface area contributed by atoms with Crippen LogP contribution in [0.2, 0.25) is 0 Å². The van der Waals surface area contributed by atoms with Crippen molar-refractivity contribution in [2.75, 3.05) is 11.5 Å². The predicted octanol–water partition coefficient (Wildman–Crippen LogP) is 4.55. The Bertz CT molecular complexity index is 815. The average molecular weight is 350 g/mol. The van der Waals surface area contributed by atoms with Crippen LogP contribution in [0.15, 0.2) is 78.8 Å². The molecule has 25 heavy (non-hydrogen) atoms. The van der Waals surface area contributed by atoms with E-state index in [-0.39, 0.29) is 5.91 Å². The van der Waals surface area contributed by atoms with Crippen LogP contribution >= 0.6 is 11.3 Å². The molecule has 0 unspecified atom stereocenters. The van der Waals surface area contributed by atoms with Gasteiger partial charge in [0.2, 0.25) is 0 Å². The number of pyridine rings is 1. The largest absolute Gasteiger partial charge is 0.490 e. The zero-order valence-corrected chi connectivity index (χ0v) is 14.5. The van der Waals surface area contributed by atoms with Gasteiger partial charge in [0.15, 0.2) is 0 Å². The highest BCUT2D eigenvalue weighted by molar-refractivity contribution is 7.09. The molecule has 1 aromatic carbocycles. The summed E-state index contributed by atoms with van der Waals surface area (Å²) in [5.74, 6) is 1.24. The maximum absolute atomic E-state index is 13.0. The smallest absolute Gasteiger partial charge is 0.259 e. The number of rotatable bonds is 7. The molecule has 0 aliphatic rings. The van der Waals surface area contributed by atoms with Gasteiger partial charge in [0, 0.05) is 16.6 Å². The van der Waals surface area contributed by atoms with Crippen LogP contribution in [0.5, 0.6) is 5.75 Å². The summed E-state index contributed by atoms with van der Waals surface area (Å²) in [7, 11) is 0. The summed E-state index contributed by atoms with van der Waals surface area (Å²) in [4.78, 5) is 20.2. The molecule has 0 saturated heterocycles. The highest BCUT2D eigenvalue weighted by Crippen LogP contribution is 2.21. The Morgan fingerprint density at radius 1 is 1.16 bits per heavy atom. The Hall–Kier alpha value is -2.92. The number of amides is 1. The number of benzene rings is 1. The number of hydrogen-bond acceptors (Lipinski definition) is 4. The van der Waals surface area contributed by atoms with Crippen molar-refractivity contribution in [2.24, 2.45) is 0 Å². The van der Waals surface area contributed by atoms with Crippen molar-refractivity contribution in [3.63, 3.8) is 0 Å². The third kappa shape index (κ3) is 4.33. The summed E-state index contributed by atoms with van der Waals surface area (Å²) >= 11 is 1.62. The zero-order chi connectivity index (χ0) is 17.5. The lowest BCUT2D eigenvalue weighted by atomic mass is 10.2. The van der Waals surface area contributed by atoms with E-state index in [9.17, 15) is 4.79 Å². The van der Waals surface area contributed by atoms with Gasteiger partial charge in [-0.15, -0.1) is 11.3 Å². The number of nitrogens with zero attached hydrogens (tertiary/aromatic N) is 2. The fraction of sp³-hybridized carbons (Fsp3) is 0.100. The van der Waals surface area contributed by atoms with E-state index >= 15 is 0 Å². The summed E-state index contributed by atoms with van der Waals surface area (Å²) in [5.41, 5.74) is 0.591. The molecule has 0 bridgehead atoms. The normalized spacial score (nSPS) is 10.2. The van der Waals surface area contributed by atoms with Crippen molar-refractivity contribution in [2.45, 2.75) is 6.54 Å². The van der Waals surface area contributed by atoms with Crippen LogP contribution in [-0.4, -0.2) is 17.5 Å². The van der Waals surface area contributed by atoms with Gasteiger partial charge in [-0.25, -0.2) is 4.98 Å². The topological polar surface area (TPSA) is 42.4 Å². The average Bonchev–Trinajstić information content (AvgIpc) is 3.18. The molecule has 4 nitrogen and oxygen atoms in total. The number of ether oxygens (including phenoxy) is 1. The van der Waals surface area contributed by atoms with Gasteiger partial charge in [-0.3, -0.25) is 9.69 Å². The van der Waals surface area contributed by atoms with Crippen molar-refractivity contribution in [3.05, 3.63) is 89.3 Å². The fourth-order valence-corrected chi connectivity index (χ4v) is 3.03. The molecule has 0 atom stereocenters. The van der Waals surface area contributed by atoms with E-state index in [1.54, 1.807) is 52.8 Å². The zero-order valence-electron chi connectivity index (χ0n) is 13.7. The van der Waals surface area contributed by atoms with E-state index in [4.69, 9.17) is 4.74 Å². The highest BCUT2D eigenvalue weighted by Gasteiger charge is 2.19. The Kier molecular flexibility index (Phi) is 5.59. The Balaban J connectivity index is 1.84. The minimum atomic E-state index is -0.0950. The minimum absolute atomic E-state index is 0.0950. The molecule has 126 valence electrons. The number of carbonyl (C=O) groups excluding carboxylic acids is 1. The molecule has 0 N–H and O–H groups in total. The third-order valence-electron chi connectivity index (χ3n) is 3.53. The lowest BCUT2D eigenvalue weighted by Gasteiger charge is -2.21. The summed E-state index contributed by atoms with van der Waals surface area (Å²) < 4.78 is 5.47. The van der Waals surface area contributed by atoms with Crippen LogP contribution in [0.25, 0.3) is 0 Å². The van der Waals surface area contributed by atoms with Gasteiger partial charge in [-0.1, -0.05) is 24.8 Å². The summed E-state index contributed by atoms with van der Waals surface area (Å²) in [5, 5.41) is 2.00. The lowest BCUT2D eigenvalue weighted by Crippen LogP contribution is -2.30. The van der Waals surface area contributed by atoms with Crippen molar-refractivity contribution in [3.8, 4) is 5.75 Å². The van der Waals surface area contributed by atoms with Crippen molar-refractivity contribution in [1.29, 1.82) is 0 Å². The Labute approximate surface area is 151 Å². The van der Waals surface area contributed by atoms with E-state index in [0.29, 0.717) is 30.3 Å².